The van der Waals surface area contributed by atoms with E-state index in [2.05, 4.69) is 31.5 Å². The smallest absolute Gasteiger partial charge is 0.277 e. The Labute approximate surface area is 112 Å². The van der Waals surface area contributed by atoms with Crippen molar-refractivity contribution in [3.8, 4) is 0 Å². The fourth-order valence-electron chi connectivity index (χ4n) is 1.56. The average Bonchev–Trinajstić information content (AvgIpc) is 2.77. The Kier molecular flexibility index (Phi) is 3.25. The molecule has 96 valence electrons. The van der Waals surface area contributed by atoms with Crippen molar-refractivity contribution in [3.05, 3.63) is 27.3 Å². The average molecular weight is 313 g/mol. The molecule has 18 heavy (non-hydrogen) atoms. The van der Waals surface area contributed by atoms with Gasteiger partial charge in [0.15, 0.2) is 11.5 Å². The second kappa shape index (κ2) is 4.56. The standard InChI is InChI=1S/C11H13BrN4O2/c1-5-9(7(3)18-15-5)13-11(17)10-8(12)6(2)16(4)14-10/h1-4H3,(H,13,17). The van der Waals surface area contributed by atoms with Crippen LogP contribution >= 0.6 is 15.9 Å². The molecule has 0 unspecified atom stereocenters. The number of halogens is 1. The second-order valence-corrected chi connectivity index (χ2v) is 4.82. The molecule has 0 aliphatic rings. The highest BCUT2D eigenvalue weighted by molar-refractivity contribution is 9.10. The molecule has 7 heteroatoms. The number of rotatable bonds is 2. The Morgan fingerprint density at radius 3 is 2.50 bits per heavy atom. The predicted octanol–water partition coefficient (Wildman–Crippen LogP) is 2.35. The summed E-state index contributed by atoms with van der Waals surface area (Å²) >= 11 is 3.36. The maximum Gasteiger partial charge on any atom is 0.277 e. The van der Waals surface area contributed by atoms with Gasteiger partial charge in [0.25, 0.3) is 5.91 Å². The summed E-state index contributed by atoms with van der Waals surface area (Å²) in [4.78, 5) is 12.1. The molecule has 2 aromatic heterocycles. The number of hydrogen-bond acceptors (Lipinski definition) is 4. The van der Waals surface area contributed by atoms with Crippen molar-refractivity contribution >= 4 is 27.5 Å². The monoisotopic (exact) mass is 312 g/mol. The Morgan fingerprint density at radius 2 is 2.06 bits per heavy atom. The van der Waals surface area contributed by atoms with Crippen LogP contribution in [0.5, 0.6) is 0 Å². The summed E-state index contributed by atoms with van der Waals surface area (Å²) in [6, 6.07) is 0. The first-order valence-electron chi connectivity index (χ1n) is 5.35. The van der Waals surface area contributed by atoms with E-state index in [4.69, 9.17) is 4.52 Å². The highest BCUT2D eigenvalue weighted by Gasteiger charge is 2.20. The molecule has 0 aliphatic carbocycles. The molecule has 0 bridgehead atoms. The third kappa shape index (κ3) is 2.05. The number of amides is 1. The van der Waals surface area contributed by atoms with E-state index in [1.165, 1.54) is 0 Å². The van der Waals surface area contributed by atoms with Crippen LogP contribution in [0.1, 0.15) is 27.6 Å². The number of hydrogen-bond donors (Lipinski definition) is 1. The van der Waals surface area contributed by atoms with E-state index in [1.807, 2.05) is 6.92 Å². The van der Waals surface area contributed by atoms with E-state index in [9.17, 15) is 4.79 Å². The third-order valence-corrected chi connectivity index (χ3v) is 3.70. The summed E-state index contributed by atoms with van der Waals surface area (Å²) in [5.74, 6) is 0.282. The van der Waals surface area contributed by atoms with Gasteiger partial charge in [-0.25, -0.2) is 0 Å². The summed E-state index contributed by atoms with van der Waals surface area (Å²) in [6.07, 6.45) is 0. The van der Waals surface area contributed by atoms with Gasteiger partial charge in [-0.05, 0) is 36.7 Å². The van der Waals surface area contributed by atoms with Crippen molar-refractivity contribution in [2.24, 2.45) is 7.05 Å². The summed E-state index contributed by atoms with van der Waals surface area (Å²) in [7, 11) is 1.78. The number of carbonyl (C=O) groups is 1. The number of carbonyl (C=O) groups excluding carboxylic acids is 1. The van der Waals surface area contributed by atoms with Crippen molar-refractivity contribution in [3.63, 3.8) is 0 Å². The zero-order chi connectivity index (χ0) is 13.4. The molecule has 0 aliphatic heterocycles. The van der Waals surface area contributed by atoms with Gasteiger partial charge >= 0.3 is 0 Å². The van der Waals surface area contributed by atoms with Crippen LogP contribution in [0, 0.1) is 20.8 Å². The highest BCUT2D eigenvalue weighted by atomic mass is 79.9. The molecule has 0 spiro atoms. The van der Waals surface area contributed by atoms with Crippen LogP contribution in [0.25, 0.3) is 0 Å². The van der Waals surface area contributed by atoms with Gasteiger partial charge in [-0.1, -0.05) is 5.16 Å². The lowest BCUT2D eigenvalue weighted by Crippen LogP contribution is -2.14. The molecule has 0 atom stereocenters. The molecule has 1 amide bonds. The van der Waals surface area contributed by atoms with E-state index in [0.29, 0.717) is 27.3 Å². The summed E-state index contributed by atoms with van der Waals surface area (Å²) in [5.41, 5.74) is 2.47. The fourth-order valence-corrected chi connectivity index (χ4v) is 2.08. The number of nitrogens with zero attached hydrogens (tertiary/aromatic N) is 3. The van der Waals surface area contributed by atoms with Crippen LogP contribution in [0.4, 0.5) is 5.69 Å². The molecule has 2 heterocycles. The molecule has 0 aromatic carbocycles. The van der Waals surface area contributed by atoms with Crippen LogP contribution in [0.15, 0.2) is 9.00 Å². The lowest BCUT2D eigenvalue weighted by molar-refractivity contribution is 0.102. The van der Waals surface area contributed by atoms with Crippen molar-refractivity contribution in [1.29, 1.82) is 0 Å². The predicted molar refractivity (Wildman–Crippen MR) is 69.6 cm³/mol. The van der Waals surface area contributed by atoms with Crippen LogP contribution in [-0.2, 0) is 7.05 Å². The van der Waals surface area contributed by atoms with Gasteiger partial charge in [0.05, 0.1) is 10.2 Å². The lowest BCUT2D eigenvalue weighted by Gasteiger charge is -2.01. The quantitative estimate of drug-likeness (QED) is 0.923. The minimum atomic E-state index is -0.292. The minimum absolute atomic E-state index is 0.292. The molecule has 0 saturated heterocycles. The lowest BCUT2D eigenvalue weighted by atomic mass is 10.3. The SMILES string of the molecule is Cc1noc(C)c1NC(=O)c1nn(C)c(C)c1Br. The van der Waals surface area contributed by atoms with Crippen molar-refractivity contribution in [2.45, 2.75) is 20.8 Å². The van der Waals surface area contributed by atoms with Gasteiger partial charge in [0, 0.05) is 7.05 Å². The first-order chi connectivity index (χ1) is 8.41. The number of aryl methyl sites for hydroxylation is 3. The van der Waals surface area contributed by atoms with Crippen LogP contribution in [-0.4, -0.2) is 20.8 Å². The summed E-state index contributed by atoms with van der Waals surface area (Å²) in [5, 5.41) is 10.7. The van der Waals surface area contributed by atoms with E-state index >= 15 is 0 Å². The maximum absolute atomic E-state index is 12.1. The van der Waals surface area contributed by atoms with Gasteiger partial charge in [-0.15, -0.1) is 0 Å². The van der Waals surface area contributed by atoms with Crippen molar-refractivity contribution in [1.82, 2.24) is 14.9 Å². The molecule has 6 nitrogen and oxygen atoms in total. The van der Waals surface area contributed by atoms with Crippen LogP contribution < -0.4 is 5.32 Å². The molecule has 0 fully saturated rings. The van der Waals surface area contributed by atoms with Gasteiger partial charge in [0.2, 0.25) is 0 Å². The van der Waals surface area contributed by atoms with Crippen molar-refractivity contribution < 1.29 is 9.32 Å². The molecular formula is C11H13BrN4O2. The Hall–Kier alpha value is -1.63. The maximum atomic E-state index is 12.1. The van der Waals surface area contributed by atoms with E-state index < -0.39 is 0 Å². The second-order valence-electron chi connectivity index (χ2n) is 4.02. The Bertz CT molecular complexity index is 595. The topological polar surface area (TPSA) is 73.0 Å². The normalized spacial score (nSPS) is 10.7. The minimum Gasteiger partial charge on any atom is -0.359 e. The van der Waals surface area contributed by atoms with Gasteiger partial charge in [0.1, 0.15) is 11.4 Å². The first kappa shape index (κ1) is 12.8. The molecule has 0 saturated carbocycles. The highest BCUT2D eigenvalue weighted by Crippen LogP contribution is 2.23. The zero-order valence-corrected chi connectivity index (χ0v) is 12.1. The van der Waals surface area contributed by atoms with Gasteiger partial charge in [-0.2, -0.15) is 5.10 Å². The number of anilines is 1. The Balaban J connectivity index is 2.31. The third-order valence-electron chi connectivity index (χ3n) is 2.75. The number of aromatic nitrogens is 3. The zero-order valence-electron chi connectivity index (χ0n) is 10.5. The van der Waals surface area contributed by atoms with Gasteiger partial charge < -0.3 is 9.84 Å². The first-order valence-corrected chi connectivity index (χ1v) is 6.14. The molecular weight excluding hydrogens is 300 g/mol. The van der Waals surface area contributed by atoms with Gasteiger partial charge in [-0.3, -0.25) is 9.48 Å². The molecule has 0 radical (unpaired) electrons. The van der Waals surface area contributed by atoms with Crippen molar-refractivity contribution in [2.75, 3.05) is 5.32 Å². The van der Waals surface area contributed by atoms with Crippen LogP contribution in [0.3, 0.4) is 0 Å². The molecule has 1 N–H and O–H groups in total. The number of nitrogens with one attached hydrogen (secondary N) is 1. The summed E-state index contributed by atoms with van der Waals surface area (Å²) in [6.45, 7) is 5.39. The van der Waals surface area contributed by atoms with E-state index in [-0.39, 0.29) is 5.91 Å². The van der Waals surface area contributed by atoms with E-state index in [0.717, 1.165) is 5.69 Å². The fraction of sp³-hybridized carbons (Fsp3) is 0.364. The molecule has 2 rings (SSSR count). The molecule has 2 aromatic rings. The van der Waals surface area contributed by atoms with E-state index in [1.54, 1.807) is 25.6 Å². The largest absolute Gasteiger partial charge is 0.359 e. The Morgan fingerprint density at radius 1 is 1.39 bits per heavy atom. The van der Waals surface area contributed by atoms with Crippen LogP contribution in [0.2, 0.25) is 0 Å². The summed E-state index contributed by atoms with van der Waals surface area (Å²) < 4.78 is 7.32.